The van der Waals surface area contributed by atoms with Crippen molar-refractivity contribution in [2.45, 2.75) is 27.4 Å². The molecule has 0 saturated carbocycles. The number of halogens is 1. The molecule has 4 aromatic carbocycles. The van der Waals surface area contributed by atoms with Gasteiger partial charge in [0.2, 0.25) is 5.91 Å². The fourth-order valence-electron chi connectivity index (χ4n) is 4.51. The molecule has 1 aliphatic rings. The maximum atomic E-state index is 13.1. The molecule has 1 saturated heterocycles. The number of fused-ring (bicyclic) bond motifs is 1. The van der Waals surface area contributed by atoms with Crippen molar-refractivity contribution < 1.29 is 23.9 Å². The van der Waals surface area contributed by atoms with Gasteiger partial charge < -0.3 is 14.8 Å². The van der Waals surface area contributed by atoms with Crippen molar-refractivity contribution in [1.29, 1.82) is 0 Å². The summed E-state index contributed by atoms with van der Waals surface area (Å²) in [5, 5.41) is 4.79. The molecule has 0 spiro atoms. The first-order valence-electron chi connectivity index (χ1n) is 13.4. The Hall–Kier alpha value is -4.27. The Kier molecular flexibility index (Phi) is 8.85. The van der Waals surface area contributed by atoms with Crippen molar-refractivity contribution in [3.63, 3.8) is 0 Å². The lowest BCUT2D eigenvalue weighted by atomic mass is 10.1. The zero-order valence-corrected chi connectivity index (χ0v) is 25.0. The third-order valence-electron chi connectivity index (χ3n) is 6.79. The highest BCUT2D eigenvalue weighted by molar-refractivity contribution is 8.18. The third-order valence-corrected chi connectivity index (χ3v) is 7.98. The molecule has 5 rings (SSSR count). The van der Waals surface area contributed by atoms with Crippen LogP contribution in [0.2, 0.25) is 5.02 Å². The highest BCUT2D eigenvalue weighted by Crippen LogP contribution is 2.39. The summed E-state index contributed by atoms with van der Waals surface area (Å²) in [6.07, 6.45) is 1.56. The molecule has 0 aliphatic carbocycles. The minimum atomic E-state index is -0.550. The van der Waals surface area contributed by atoms with Crippen LogP contribution in [-0.2, 0) is 16.2 Å². The largest absolute Gasteiger partial charge is 0.490 e. The second-order valence-electron chi connectivity index (χ2n) is 9.85. The van der Waals surface area contributed by atoms with Gasteiger partial charge in [-0.15, -0.1) is 0 Å². The number of hydrogen-bond acceptors (Lipinski definition) is 6. The first kappa shape index (κ1) is 29.2. The number of imide groups is 1. The van der Waals surface area contributed by atoms with Gasteiger partial charge in [-0.25, -0.2) is 0 Å². The number of rotatable bonds is 9. The Bertz CT molecular complexity index is 1740. The van der Waals surface area contributed by atoms with E-state index in [1.807, 2.05) is 63.2 Å². The fraction of sp³-hybridized carbons (Fsp3) is 0.182. The molecule has 1 aliphatic heterocycles. The van der Waals surface area contributed by atoms with Gasteiger partial charge in [-0.05, 0) is 102 Å². The van der Waals surface area contributed by atoms with Gasteiger partial charge in [0.1, 0.15) is 13.2 Å². The molecular formula is C33H29ClN2O5S. The highest BCUT2D eigenvalue weighted by Gasteiger charge is 2.36. The molecule has 0 aromatic heterocycles. The summed E-state index contributed by atoms with van der Waals surface area (Å²) in [5.41, 5.74) is 4.27. The quantitative estimate of drug-likeness (QED) is 0.198. The van der Waals surface area contributed by atoms with Crippen molar-refractivity contribution in [1.82, 2.24) is 4.90 Å². The summed E-state index contributed by atoms with van der Waals surface area (Å²) in [7, 11) is 0. The van der Waals surface area contributed by atoms with Gasteiger partial charge in [0.05, 0.1) is 16.5 Å². The van der Waals surface area contributed by atoms with Crippen LogP contribution in [0.3, 0.4) is 0 Å². The summed E-state index contributed by atoms with van der Waals surface area (Å²) in [6.45, 7) is 6.04. The summed E-state index contributed by atoms with van der Waals surface area (Å²) in [5.74, 6) is -0.202. The van der Waals surface area contributed by atoms with Crippen LogP contribution in [0.25, 0.3) is 16.8 Å². The van der Waals surface area contributed by atoms with Crippen molar-refractivity contribution in [2.75, 3.05) is 18.5 Å². The Balaban J connectivity index is 1.30. The second kappa shape index (κ2) is 12.7. The molecule has 0 bridgehead atoms. The standard InChI is InChI=1S/C33H29ClN2O5S/c1-4-40-28-16-23(15-27(34)31(28)41-19-22-10-11-24-7-5-6-8-25(24)14-22)17-29-32(38)36(33(39)42-29)18-30(37)35-26-12-9-20(2)21(3)13-26/h5-17H,4,18-19H2,1-3H3,(H,35,37)/b29-17+. The number of amides is 3. The van der Waals surface area contributed by atoms with Crippen LogP contribution in [0.1, 0.15) is 29.2 Å². The average Bonchev–Trinajstić information content (AvgIpc) is 3.21. The van der Waals surface area contributed by atoms with Crippen LogP contribution < -0.4 is 14.8 Å². The van der Waals surface area contributed by atoms with Crippen LogP contribution in [0.5, 0.6) is 11.5 Å². The van der Waals surface area contributed by atoms with E-state index in [1.54, 1.807) is 24.3 Å². The smallest absolute Gasteiger partial charge is 0.294 e. The average molecular weight is 601 g/mol. The van der Waals surface area contributed by atoms with E-state index in [4.69, 9.17) is 21.1 Å². The van der Waals surface area contributed by atoms with E-state index in [-0.39, 0.29) is 18.1 Å². The topological polar surface area (TPSA) is 84.9 Å². The van der Waals surface area contributed by atoms with Crippen LogP contribution in [-0.4, -0.2) is 35.1 Å². The van der Waals surface area contributed by atoms with Crippen molar-refractivity contribution in [3.8, 4) is 11.5 Å². The number of hydrogen-bond donors (Lipinski definition) is 1. The molecule has 42 heavy (non-hydrogen) atoms. The predicted molar refractivity (Wildman–Crippen MR) is 168 cm³/mol. The number of carbonyl (C=O) groups is 3. The molecule has 1 heterocycles. The molecule has 9 heteroatoms. The van der Waals surface area contributed by atoms with Crippen LogP contribution in [0.4, 0.5) is 10.5 Å². The fourth-order valence-corrected chi connectivity index (χ4v) is 5.62. The zero-order chi connectivity index (χ0) is 29.8. The molecule has 214 valence electrons. The Morgan fingerprint density at radius 1 is 0.952 bits per heavy atom. The van der Waals surface area contributed by atoms with E-state index in [1.165, 1.54) is 0 Å². The summed E-state index contributed by atoms with van der Waals surface area (Å²) in [4.78, 5) is 39.4. The number of thioether (sulfide) groups is 1. The Labute approximate surface area is 253 Å². The number of carbonyl (C=O) groups excluding carboxylic acids is 3. The van der Waals surface area contributed by atoms with Crippen molar-refractivity contribution in [2.24, 2.45) is 0 Å². The number of ether oxygens (including phenoxy) is 2. The first-order valence-corrected chi connectivity index (χ1v) is 14.6. The molecule has 7 nitrogen and oxygen atoms in total. The molecule has 0 atom stereocenters. The Morgan fingerprint density at radius 3 is 2.50 bits per heavy atom. The molecule has 1 fully saturated rings. The molecular weight excluding hydrogens is 572 g/mol. The van der Waals surface area contributed by atoms with E-state index < -0.39 is 17.1 Å². The van der Waals surface area contributed by atoms with Crippen LogP contribution in [0, 0.1) is 13.8 Å². The molecule has 0 radical (unpaired) electrons. The van der Waals surface area contributed by atoms with Crippen LogP contribution in [0.15, 0.2) is 77.7 Å². The first-order chi connectivity index (χ1) is 20.2. The van der Waals surface area contributed by atoms with E-state index >= 15 is 0 Å². The van der Waals surface area contributed by atoms with Crippen molar-refractivity contribution >= 4 is 63.0 Å². The van der Waals surface area contributed by atoms with Gasteiger partial charge in [-0.2, -0.15) is 0 Å². The summed E-state index contributed by atoms with van der Waals surface area (Å²) >= 11 is 7.39. The molecule has 3 amide bonds. The second-order valence-corrected chi connectivity index (χ2v) is 11.2. The lowest BCUT2D eigenvalue weighted by Crippen LogP contribution is -2.36. The number of anilines is 1. The minimum absolute atomic E-state index is 0.183. The maximum Gasteiger partial charge on any atom is 0.294 e. The van der Waals surface area contributed by atoms with Gasteiger partial charge in [0.25, 0.3) is 11.1 Å². The van der Waals surface area contributed by atoms with Gasteiger partial charge in [-0.3, -0.25) is 19.3 Å². The van der Waals surface area contributed by atoms with E-state index in [9.17, 15) is 14.4 Å². The van der Waals surface area contributed by atoms with E-state index in [2.05, 4.69) is 17.4 Å². The number of nitrogens with one attached hydrogen (secondary N) is 1. The monoisotopic (exact) mass is 600 g/mol. The SMILES string of the molecule is CCOc1cc(/C=C2/SC(=O)N(CC(=O)Nc3ccc(C)c(C)c3)C2=O)cc(Cl)c1OCc1ccc2ccccc2c1. The third kappa shape index (κ3) is 6.61. The number of aryl methyl sites for hydroxylation is 2. The molecule has 1 N–H and O–H groups in total. The Morgan fingerprint density at radius 2 is 1.74 bits per heavy atom. The predicted octanol–water partition coefficient (Wildman–Crippen LogP) is 7.76. The normalized spacial score (nSPS) is 14.1. The van der Waals surface area contributed by atoms with Gasteiger partial charge in [0.15, 0.2) is 11.5 Å². The highest BCUT2D eigenvalue weighted by atomic mass is 35.5. The number of benzene rings is 4. The molecule has 4 aromatic rings. The maximum absolute atomic E-state index is 13.1. The van der Waals surface area contributed by atoms with Gasteiger partial charge in [0, 0.05) is 5.69 Å². The summed E-state index contributed by atoms with van der Waals surface area (Å²) < 4.78 is 11.9. The van der Waals surface area contributed by atoms with E-state index in [0.717, 1.165) is 44.1 Å². The van der Waals surface area contributed by atoms with Gasteiger partial charge in [-0.1, -0.05) is 54.1 Å². The van der Waals surface area contributed by atoms with Crippen LogP contribution >= 0.6 is 23.4 Å². The van der Waals surface area contributed by atoms with E-state index in [0.29, 0.717) is 34.4 Å². The van der Waals surface area contributed by atoms with Crippen molar-refractivity contribution in [3.05, 3.63) is 105 Å². The number of nitrogens with zero attached hydrogens (tertiary/aromatic N) is 1. The van der Waals surface area contributed by atoms with Gasteiger partial charge >= 0.3 is 0 Å². The lowest BCUT2D eigenvalue weighted by molar-refractivity contribution is -0.127. The summed E-state index contributed by atoms with van der Waals surface area (Å²) in [6, 6.07) is 23.1. The molecule has 0 unspecified atom stereocenters. The zero-order valence-electron chi connectivity index (χ0n) is 23.4. The minimum Gasteiger partial charge on any atom is -0.490 e. The lowest BCUT2D eigenvalue weighted by Gasteiger charge is -2.15.